The second kappa shape index (κ2) is 7.77. The van der Waals surface area contributed by atoms with E-state index in [1.54, 1.807) is 14.2 Å². The Kier molecular flexibility index (Phi) is 5.45. The van der Waals surface area contributed by atoms with E-state index in [-0.39, 0.29) is 5.46 Å². The molecular weight excluding hydrogens is 359 g/mol. The Balaban J connectivity index is 1.96. The van der Waals surface area contributed by atoms with Gasteiger partial charge in [0.15, 0.2) is 11.4 Å². The fourth-order valence-electron chi connectivity index (χ4n) is 2.45. The number of aromatic nitrogens is 1. The lowest BCUT2D eigenvalue weighted by molar-refractivity contribution is 0.376. The average molecular weight is 376 g/mol. The monoisotopic (exact) mass is 376 g/mol. The minimum absolute atomic E-state index is 0.246. The number of ether oxygens (including phenoxy) is 3. The highest BCUT2D eigenvalue weighted by Crippen LogP contribution is 2.40. The van der Waals surface area contributed by atoms with Crippen LogP contribution < -0.4 is 24.4 Å². The predicted molar refractivity (Wildman–Crippen MR) is 99.4 cm³/mol. The van der Waals surface area contributed by atoms with Gasteiger partial charge in [0.05, 0.1) is 21.3 Å². The van der Waals surface area contributed by atoms with Crippen LogP contribution in [0.4, 0.5) is 5.82 Å². The largest absolute Gasteiger partial charge is 0.496 e. The molecule has 3 rings (SSSR count). The highest BCUT2D eigenvalue weighted by Gasteiger charge is 2.21. The molecule has 136 valence electrons. The molecule has 0 aliphatic heterocycles. The highest BCUT2D eigenvalue weighted by atomic mass is 32.2. The maximum atomic E-state index is 9.37. The topological polar surface area (TPSA) is 106 Å². The number of anilines is 1. The molecule has 3 N–H and O–H groups in total. The van der Waals surface area contributed by atoms with Gasteiger partial charge >= 0.3 is 7.12 Å². The molecule has 0 atom stereocenters. The van der Waals surface area contributed by atoms with Gasteiger partial charge in [-0.1, -0.05) is 11.2 Å². The maximum Gasteiger partial charge on any atom is 0.488 e. The van der Waals surface area contributed by atoms with Crippen molar-refractivity contribution in [3.8, 4) is 17.2 Å². The lowest BCUT2D eigenvalue weighted by Gasteiger charge is -2.12. The van der Waals surface area contributed by atoms with E-state index >= 15 is 0 Å². The molecule has 0 amide bonds. The van der Waals surface area contributed by atoms with Gasteiger partial charge in [-0.25, -0.2) is 0 Å². The van der Waals surface area contributed by atoms with Crippen LogP contribution in [0.2, 0.25) is 0 Å². The number of hydrogen-bond donors (Lipinski definition) is 3. The second-order valence-corrected chi connectivity index (χ2v) is 6.01. The summed E-state index contributed by atoms with van der Waals surface area (Å²) in [5.74, 6) is 2.12. The van der Waals surface area contributed by atoms with Crippen molar-refractivity contribution < 1.29 is 28.8 Å². The zero-order valence-electron chi connectivity index (χ0n) is 14.3. The minimum atomic E-state index is -1.64. The van der Waals surface area contributed by atoms with Gasteiger partial charge in [0.1, 0.15) is 27.5 Å². The standard InChI is InChI=1S/C16H17BN2O6S/c1-22-10-5-4-6-11(23-2)15(10)26-19-16-14-12(24-3)7-9(17(20)21)8-13(14)25-18-16/h4-8,20-21H,1-3H3,(H,18,19). The normalized spacial score (nSPS) is 10.7. The van der Waals surface area contributed by atoms with Gasteiger partial charge in [0.2, 0.25) is 0 Å². The van der Waals surface area contributed by atoms with Gasteiger partial charge in [-0.15, -0.1) is 0 Å². The number of rotatable bonds is 7. The summed E-state index contributed by atoms with van der Waals surface area (Å²) in [5, 5.41) is 23.3. The Labute approximate surface area is 154 Å². The van der Waals surface area contributed by atoms with Crippen molar-refractivity contribution in [3.63, 3.8) is 0 Å². The van der Waals surface area contributed by atoms with Crippen LogP contribution in [0.3, 0.4) is 0 Å². The molecular formula is C16H17BN2O6S. The molecule has 0 bridgehead atoms. The Hall–Kier alpha value is -2.56. The van der Waals surface area contributed by atoms with Crippen LogP contribution >= 0.6 is 11.9 Å². The molecule has 0 saturated carbocycles. The number of methoxy groups -OCH3 is 3. The van der Waals surface area contributed by atoms with Gasteiger partial charge in [-0.3, -0.25) is 0 Å². The number of nitrogens with zero attached hydrogens (tertiary/aromatic N) is 1. The molecule has 0 fully saturated rings. The van der Waals surface area contributed by atoms with Gasteiger partial charge < -0.3 is 33.5 Å². The van der Waals surface area contributed by atoms with Crippen molar-refractivity contribution in [2.45, 2.75) is 4.90 Å². The third-order valence-electron chi connectivity index (χ3n) is 3.71. The Bertz CT molecular complexity index is 895. The molecule has 0 unspecified atom stereocenters. The van der Waals surface area contributed by atoms with E-state index in [9.17, 15) is 10.0 Å². The van der Waals surface area contributed by atoms with E-state index in [2.05, 4.69) is 9.88 Å². The summed E-state index contributed by atoms with van der Waals surface area (Å²) < 4.78 is 24.5. The molecule has 0 aliphatic rings. The molecule has 10 heteroatoms. The Morgan fingerprint density at radius 2 is 1.69 bits per heavy atom. The lowest BCUT2D eigenvalue weighted by Crippen LogP contribution is -2.29. The number of nitrogens with one attached hydrogen (secondary N) is 1. The summed E-state index contributed by atoms with van der Waals surface area (Å²) in [6.45, 7) is 0. The molecule has 1 heterocycles. The first-order chi connectivity index (χ1) is 12.6. The van der Waals surface area contributed by atoms with Gasteiger partial charge in [0, 0.05) is 0 Å². The molecule has 0 aliphatic carbocycles. The first-order valence-electron chi connectivity index (χ1n) is 7.56. The van der Waals surface area contributed by atoms with E-state index in [4.69, 9.17) is 18.7 Å². The maximum absolute atomic E-state index is 9.37. The van der Waals surface area contributed by atoms with Crippen LogP contribution in [0.5, 0.6) is 17.2 Å². The van der Waals surface area contributed by atoms with Crippen LogP contribution in [0.1, 0.15) is 0 Å². The summed E-state index contributed by atoms with van der Waals surface area (Å²) in [7, 11) is 3.00. The van der Waals surface area contributed by atoms with Gasteiger partial charge in [0.25, 0.3) is 0 Å². The zero-order chi connectivity index (χ0) is 18.7. The summed E-state index contributed by atoms with van der Waals surface area (Å²) in [6, 6.07) is 8.49. The smallest absolute Gasteiger partial charge is 0.488 e. The molecule has 0 spiro atoms. The van der Waals surface area contributed by atoms with Gasteiger partial charge in [-0.2, -0.15) is 0 Å². The van der Waals surface area contributed by atoms with Crippen LogP contribution in [0.15, 0.2) is 39.8 Å². The van der Waals surface area contributed by atoms with Crippen LogP contribution in [-0.4, -0.2) is 43.7 Å². The van der Waals surface area contributed by atoms with E-state index in [0.717, 1.165) is 4.90 Å². The third-order valence-corrected chi connectivity index (χ3v) is 4.61. The van der Waals surface area contributed by atoms with E-state index in [1.165, 1.54) is 31.2 Å². The molecule has 3 aromatic rings. The first kappa shape index (κ1) is 18.2. The lowest BCUT2D eigenvalue weighted by atomic mass is 9.80. The average Bonchev–Trinajstić information content (AvgIpc) is 3.08. The summed E-state index contributed by atoms with van der Waals surface area (Å²) in [6.07, 6.45) is 0. The first-order valence-corrected chi connectivity index (χ1v) is 8.38. The van der Waals surface area contributed by atoms with Gasteiger partial charge in [-0.05, 0) is 41.7 Å². The molecule has 8 nitrogen and oxygen atoms in total. The van der Waals surface area contributed by atoms with E-state index in [0.29, 0.717) is 34.0 Å². The van der Waals surface area contributed by atoms with Crippen molar-refractivity contribution >= 4 is 41.3 Å². The van der Waals surface area contributed by atoms with E-state index in [1.807, 2.05) is 18.2 Å². The molecule has 0 saturated heterocycles. The van der Waals surface area contributed by atoms with Crippen molar-refractivity contribution in [2.24, 2.45) is 0 Å². The fraction of sp³-hybridized carbons (Fsp3) is 0.188. The van der Waals surface area contributed by atoms with Crippen molar-refractivity contribution in [2.75, 3.05) is 26.1 Å². The SMILES string of the molecule is COc1cccc(OC)c1SNc1noc2cc(B(O)O)cc(OC)c12. The van der Waals surface area contributed by atoms with Crippen molar-refractivity contribution in [1.82, 2.24) is 5.16 Å². The Morgan fingerprint density at radius 3 is 2.27 bits per heavy atom. The number of hydrogen-bond acceptors (Lipinski definition) is 9. The quantitative estimate of drug-likeness (QED) is 0.419. The molecule has 2 aromatic carbocycles. The minimum Gasteiger partial charge on any atom is -0.496 e. The zero-order valence-corrected chi connectivity index (χ0v) is 15.2. The summed E-state index contributed by atoms with van der Waals surface area (Å²) >= 11 is 1.25. The summed E-state index contributed by atoms with van der Waals surface area (Å²) in [4.78, 5) is 0.745. The van der Waals surface area contributed by atoms with Crippen LogP contribution in [-0.2, 0) is 0 Å². The number of fused-ring (bicyclic) bond motifs is 1. The summed E-state index contributed by atoms with van der Waals surface area (Å²) in [5.41, 5.74) is 0.610. The van der Waals surface area contributed by atoms with Crippen molar-refractivity contribution in [1.29, 1.82) is 0 Å². The Morgan fingerprint density at radius 1 is 1.04 bits per heavy atom. The predicted octanol–water partition coefficient (Wildman–Crippen LogP) is 1.65. The molecule has 0 radical (unpaired) electrons. The molecule has 1 aromatic heterocycles. The van der Waals surface area contributed by atoms with Crippen LogP contribution in [0.25, 0.3) is 11.0 Å². The third kappa shape index (κ3) is 3.39. The van der Waals surface area contributed by atoms with E-state index < -0.39 is 7.12 Å². The fourth-order valence-corrected chi connectivity index (χ4v) is 3.29. The number of benzene rings is 2. The van der Waals surface area contributed by atoms with Crippen molar-refractivity contribution in [3.05, 3.63) is 30.3 Å². The molecule has 26 heavy (non-hydrogen) atoms. The highest BCUT2D eigenvalue weighted by molar-refractivity contribution is 8.00. The second-order valence-electron chi connectivity index (χ2n) is 5.20. The van der Waals surface area contributed by atoms with Crippen LogP contribution in [0, 0.1) is 0 Å².